The lowest BCUT2D eigenvalue weighted by Gasteiger charge is -2.41. The third-order valence-corrected chi connectivity index (χ3v) is 5.15. The highest BCUT2D eigenvalue weighted by Crippen LogP contribution is 2.38. The second-order valence-electron chi connectivity index (χ2n) is 7.12. The Morgan fingerprint density at radius 1 is 1.07 bits per heavy atom. The fraction of sp³-hybridized carbons (Fsp3) is 0.444. The van der Waals surface area contributed by atoms with Crippen LogP contribution in [-0.4, -0.2) is 43.6 Å². The van der Waals surface area contributed by atoms with E-state index in [0.29, 0.717) is 22.9 Å². The van der Waals surface area contributed by atoms with E-state index >= 15 is 0 Å². The largest absolute Gasteiger partial charge is 0.356 e. The molecule has 4 heterocycles. The Bertz CT molecular complexity index is 991. The highest BCUT2D eigenvalue weighted by Gasteiger charge is 2.47. The molecule has 6 nitrogen and oxygen atoms in total. The van der Waals surface area contributed by atoms with Gasteiger partial charge < -0.3 is 4.90 Å². The summed E-state index contributed by atoms with van der Waals surface area (Å²) < 4.78 is 55.5. The van der Waals surface area contributed by atoms with Gasteiger partial charge in [0.05, 0.1) is 11.9 Å². The molecule has 1 saturated heterocycles. The summed E-state index contributed by atoms with van der Waals surface area (Å²) >= 11 is 0. The van der Waals surface area contributed by atoms with E-state index in [0.717, 1.165) is 0 Å². The number of anilines is 1. The maximum atomic E-state index is 14.1. The van der Waals surface area contributed by atoms with E-state index in [1.54, 1.807) is 11.0 Å². The fourth-order valence-corrected chi connectivity index (χ4v) is 3.49. The molecule has 148 valence electrons. The van der Waals surface area contributed by atoms with Crippen LogP contribution in [0.25, 0.3) is 17.0 Å². The van der Waals surface area contributed by atoms with Gasteiger partial charge in [-0.1, -0.05) is 13.8 Å². The van der Waals surface area contributed by atoms with E-state index in [4.69, 9.17) is 0 Å². The van der Waals surface area contributed by atoms with Crippen LogP contribution in [0.5, 0.6) is 0 Å². The van der Waals surface area contributed by atoms with Crippen molar-refractivity contribution < 1.29 is 17.6 Å². The molecule has 0 aliphatic carbocycles. The number of alkyl halides is 4. The number of rotatable bonds is 3. The normalized spacial score (nSPS) is 22.2. The number of halogens is 4. The Kier molecular flexibility index (Phi) is 4.43. The number of hydrogen-bond acceptors (Lipinski definition) is 5. The summed E-state index contributed by atoms with van der Waals surface area (Å²) in [4.78, 5) is 14.4. The minimum atomic E-state index is -2.73. The number of aromatic nitrogens is 5. The molecule has 28 heavy (non-hydrogen) atoms. The minimum Gasteiger partial charge on any atom is -0.356 e. The molecule has 0 saturated carbocycles. The lowest BCUT2D eigenvalue weighted by molar-refractivity contribution is -0.105. The molecule has 0 radical (unpaired) electrons. The predicted molar refractivity (Wildman–Crippen MR) is 94.5 cm³/mol. The van der Waals surface area contributed by atoms with Crippen molar-refractivity contribution in [3.8, 4) is 11.4 Å². The van der Waals surface area contributed by atoms with Gasteiger partial charge in [-0.3, -0.25) is 0 Å². The first-order valence-electron chi connectivity index (χ1n) is 8.85. The first-order valence-corrected chi connectivity index (χ1v) is 8.85. The second-order valence-corrected chi connectivity index (χ2v) is 7.12. The smallest absolute Gasteiger partial charge is 0.282 e. The van der Waals surface area contributed by atoms with Crippen molar-refractivity contribution in [2.45, 2.75) is 26.2 Å². The van der Waals surface area contributed by atoms with Crippen LogP contribution in [0.3, 0.4) is 0 Å². The number of fused-ring (bicyclic) bond motifs is 1. The Balaban J connectivity index is 1.70. The quantitative estimate of drug-likeness (QED) is 0.632. The molecule has 0 aromatic carbocycles. The zero-order valence-electron chi connectivity index (χ0n) is 15.2. The maximum absolute atomic E-state index is 14.1. The molecule has 3 aromatic heterocycles. The average molecular weight is 394 g/mol. The average Bonchev–Trinajstić information content (AvgIpc) is 3.09. The molecule has 3 aromatic rings. The Morgan fingerprint density at radius 3 is 2.46 bits per heavy atom. The van der Waals surface area contributed by atoms with Gasteiger partial charge in [-0.15, -0.1) is 0 Å². The standard InChI is InChI=1S/C18H18F4N6/c1-10-7-27(8-11(2)18(10,21)22)16-5-13(24-9-25-16)14-6-23-15-4-3-12(17(19)20)26-28(14)15/h3-6,9-11,17H,7-8H2,1-2H3/t10-,11+. The number of imidazole rings is 1. The zero-order chi connectivity index (χ0) is 20.1. The van der Waals surface area contributed by atoms with E-state index in [2.05, 4.69) is 20.1 Å². The summed E-state index contributed by atoms with van der Waals surface area (Å²) in [6, 6.07) is 4.32. The molecule has 2 atom stereocenters. The van der Waals surface area contributed by atoms with Gasteiger partial charge in [0.2, 0.25) is 0 Å². The Hall–Kier alpha value is -2.78. The zero-order valence-corrected chi connectivity index (χ0v) is 15.2. The third kappa shape index (κ3) is 3.06. The van der Waals surface area contributed by atoms with Crippen LogP contribution in [0.1, 0.15) is 26.0 Å². The van der Waals surface area contributed by atoms with Gasteiger partial charge in [0.15, 0.2) is 5.65 Å². The molecule has 0 bridgehead atoms. The Morgan fingerprint density at radius 2 is 1.79 bits per heavy atom. The highest BCUT2D eigenvalue weighted by molar-refractivity contribution is 5.62. The highest BCUT2D eigenvalue weighted by atomic mass is 19.3. The van der Waals surface area contributed by atoms with Crippen LogP contribution in [0.2, 0.25) is 0 Å². The molecule has 0 N–H and O–H groups in total. The predicted octanol–water partition coefficient (Wildman–Crippen LogP) is 3.85. The number of hydrogen-bond donors (Lipinski definition) is 0. The topological polar surface area (TPSA) is 59.2 Å². The van der Waals surface area contributed by atoms with E-state index in [1.807, 2.05) is 0 Å². The molecular formula is C18H18F4N6. The van der Waals surface area contributed by atoms with Crippen LogP contribution in [0.4, 0.5) is 23.4 Å². The minimum absolute atomic E-state index is 0.161. The van der Waals surface area contributed by atoms with Crippen LogP contribution < -0.4 is 4.90 Å². The summed E-state index contributed by atoms with van der Waals surface area (Å²) in [6.45, 7) is 3.36. The van der Waals surface area contributed by atoms with Crippen molar-refractivity contribution in [2.24, 2.45) is 11.8 Å². The first-order chi connectivity index (χ1) is 13.3. The van der Waals surface area contributed by atoms with Crippen LogP contribution in [0, 0.1) is 11.8 Å². The molecule has 0 spiro atoms. The van der Waals surface area contributed by atoms with E-state index in [1.165, 1.54) is 43.0 Å². The fourth-order valence-electron chi connectivity index (χ4n) is 3.49. The van der Waals surface area contributed by atoms with Crippen molar-refractivity contribution in [1.82, 2.24) is 24.6 Å². The third-order valence-electron chi connectivity index (χ3n) is 5.15. The summed E-state index contributed by atoms with van der Waals surface area (Å²) in [5.41, 5.74) is 0.875. The van der Waals surface area contributed by atoms with Gasteiger partial charge in [-0.2, -0.15) is 5.10 Å². The molecule has 0 unspecified atom stereocenters. The lowest BCUT2D eigenvalue weighted by Crippen LogP contribution is -2.52. The van der Waals surface area contributed by atoms with E-state index in [-0.39, 0.29) is 18.8 Å². The summed E-state index contributed by atoms with van der Waals surface area (Å²) in [6.07, 6.45) is 0.0983. The summed E-state index contributed by atoms with van der Waals surface area (Å²) in [7, 11) is 0. The van der Waals surface area contributed by atoms with Crippen molar-refractivity contribution in [3.63, 3.8) is 0 Å². The monoisotopic (exact) mass is 394 g/mol. The van der Waals surface area contributed by atoms with Crippen molar-refractivity contribution >= 4 is 11.5 Å². The summed E-state index contributed by atoms with van der Waals surface area (Å²) in [5, 5.41) is 3.93. The van der Waals surface area contributed by atoms with Crippen molar-refractivity contribution in [2.75, 3.05) is 18.0 Å². The number of piperidine rings is 1. The molecule has 0 amide bonds. The molecule has 4 rings (SSSR count). The second kappa shape index (κ2) is 6.68. The van der Waals surface area contributed by atoms with Gasteiger partial charge in [-0.05, 0) is 12.1 Å². The van der Waals surface area contributed by atoms with Crippen LogP contribution in [0.15, 0.2) is 30.7 Å². The molecule has 1 aliphatic rings. The van der Waals surface area contributed by atoms with Gasteiger partial charge in [0.1, 0.15) is 23.5 Å². The Labute approximate surface area is 158 Å². The van der Waals surface area contributed by atoms with Crippen molar-refractivity contribution in [1.29, 1.82) is 0 Å². The molecular weight excluding hydrogens is 376 g/mol. The summed E-state index contributed by atoms with van der Waals surface area (Å²) in [5.74, 6) is -3.87. The SMILES string of the molecule is C[C@@H]1CN(c2cc(-c3cnc4ccc(C(F)F)nn34)ncn2)C[C@H](C)C1(F)F. The van der Waals surface area contributed by atoms with Gasteiger partial charge in [-0.25, -0.2) is 37.0 Å². The molecule has 1 aliphatic heterocycles. The van der Waals surface area contributed by atoms with E-state index < -0.39 is 24.2 Å². The molecule has 10 heteroatoms. The lowest BCUT2D eigenvalue weighted by atomic mass is 9.87. The van der Waals surface area contributed by atoms with Crippen molar-refractivity contribution in [3.05, 3.63) is 36.4 Å². The van der Waals surface area contributed by atoms with Crippen LogP contribution >= 0.6 is 0 Å². The number of nitrogens with zero attached hydrogens (tertiary/aromatic N) is 6. The van der Waals surface area contributed by atoms with Crippen LogP contribution in [-0.2, 0) is 0 Å². The van der Waals surface area contributed by atoms with E-state index in [9.17, 15) is 17.6 Å². The van der Waals surface area contributed by atoms with Gasteiger partial charge >= 0.3 is 0 Å². The first kappa shape index (κ1) is 18.6. The van der Waals surface area contributed by atoms with Gasteiger partial charge in [0, 0.05) is 31.0 Å². The maximum Gasteiger partial charge on any atom is 0.282 e. The van der Waals surface area contributed by atoms with Gasteiger partial charge in [0.25, 0.3) is 12.3 Å². The molecule has 1 fully saturated rings.